The van der Waals surface area contributed by atoms with Gasteiger partial charge in [-0.25, -0.2) is 42.1 Å². The summed E-state index contributed by atoms with van der Waals surface area (Å²) in [6, 6.07) is 12.4. The van der Waals surface area contributed by atoms with Crippen molar-refractivity contribution in [2.75, 3.05) is 30.0 Å². The number of imide groups is 1. The van der Waals surface area contributed by atoms with Crippen molar-refractivity contribution in [2.24, 2.45) is 0 Å². The van der Waals surface area contributed by atoms with E-state index in [0.29, 0.717) is 23.4 Å². The highest BCUT2D eigenvalue weighted by Crippen LogP contribution is 2.35. The lowest BCUT2D eigenvalue weighted by Crippen LogP contribution is -2.65. The molecule has 6 rings (SSSR count). The van der Waals surface area contributed by atoms with Crippen LogP contribution >= 0.6 is 0 Å². The maximum atomic E-state index is 15.5. The molecule has 0 aliphatic carbocycles. The fourth-order valence-corrected chi connectivity index (χ4v) is 6.88. The van der Waals surface area contributed by atoms with Gasteiger partial charge in [0.1, 0.15) is 29.5 Å². The predicted octanol–water partition coefficient (Wildman–Crippen LogP) is 7.05. The molecule has 19 heteroatoms. The molecule has 1 saturated heterocycles. The van der Waals surface area contributed by atoms with Gasteiger partial charge in [-0.1, -0.05) is 30.3 Å². The third kappa shape index (κ3) is 9.73. The second kappa shape index (κ2) is 17.3. The van der Waals surface area contributed by atoms with E-state index in [1.54, 1.807) is 46.4 Å². The molecule has 1 fully saturated rings. The third-order valence-corrected chi connectivity index (χ3v) is 9.57. The van der Waals surface area contributed by atoms with Crippen LogP contribution in [0.4, 0.5) is 38.8 Å². The van der Waals surface area contributed by atoms with E-state index in [9.17, 15) is 27.9 Å². The Morgan fingerprint density at radius 1 is 0.950 bits per heavy atom. The highest BCUT2D eigenvalue weighted by molar-refractivity contribution is 6.12. The molecule has 2 unspecified atom stereocenters. The van der Waals surface area contributed by atoms with Gasteiger partial charge in [-0.15, -0.1) is 10.2 Å². The lowest BCUT2D eigenvalue weighted by molar-refractivity contribution is -0.0658. The molecule has 0 bridgehead atoms. The molecule has 1 aliphatic rings. The predicted molar refractivity (Wildman–Crippen MR) is 213 cm³/mol. The molecular weight excluding hydrogens is 790 g/mol. The average molecular weight is 838 g/mol. The lowest BCUT2D eigenvalue weighted by atomic mass is 9.83. The number of hydrogen-bond acceptors (Lipinski definition) is 13. The third-order valence-electron chi connectivity index (χ3n) is 9.57. The second-order valence-corrected chi connectivity index (χ2v) is 16.4. The Balaban J connectivity index is 1.45. The van der Waals surface area contributed by atoms with Crippen LogP contribution in [0.5, 0.6) is 5.75 Å². The van der Waals surface area contributed by atoms with Crippen LogP contribution in [0.25, 0.3) is 22.4 Å². The Kier molecular flexibility index (Phi) is 12.6. The first-order valence-corrected chi connectivity index (χ1v) is 19.1. The summed E-state index contributed by atoms with van der Waals surface area (Å²) in [4.78, 5) is 42.5. The first-order valence-electron chi connectivity index (χ1n) is 19.1. The van der Waals surface area contributed by atoms with Crippen molar-refractivity contribution in [3.63, 3.8) is 0 Å². The zero-order valence-electron chi connectivity index (χ0n) is 34.2. The summed E-state index contributed by atoms with van der Waals surface area (Å²) in [6.45, 7) is 10.0. The fraction of sp³-hybridized carbons (Fsp3) is 0.439. The van der Waals surface area contributed by atoms with Crippen LogP contribution in [0.1, 0.15) is 65.5 Å². The number of hydrogen-bond donors (Lipinski definition) is 2. The number of piperidine rings is 1. The number of aliphatic hydroxyl groups is 1. The minimum absolute atomic E-state index is 0.00318. The minimum Gasteiger partial charge on any atom is -0.494 e. The van der Waals surface area contributed by atoms with E-state index in [4.69, 9.17) is 14.2 Å². The van der Waals surface area contributed by atoms with Gasteiger partial charge >= 0.3 is 12.2 Å². The van der Waals surface area contributed by atoms with Crippen molar-refractivity contribution >= 4 is 35.0 Å². The molecule has 5 aromatic rings. The van der Waals surface area contributed by atoms with Gasteiger partial charge in [-0.3, -0.25) is 0 Å². The van der Waals surface area contributed by atoms with Crippen molar-refractivity contribution in [2.45, 2.75) is 96.7 Å². The van der Waals surface area contributed by atoms with Gasteiger partial charge in [0.15, 0.2) is 34.4 Å². The number of carbonyl (C=O) groups is 2. The molecule has 0 saturated carbocycles. The van der Waals surface area contributed by atoms with Crippen molar-refractivity contribution in [3.05, 3.63) is 83.9 Å². The molecule has 1 aliphatic heterocycles. The number of nitrogens with zero attached hydrogens (tertiary/aromatic N) is 8. The molecule has 2 atom stereocenters. The summed E-state index contributed by atoms with van der Waals surface area (Å²) < 4.78 is 76.8. The Morgan fingerprint density at radius 2 is 1.63 bits per heavy atom. The van der Waals surface area contributed by atoms with Crippen LogP contribution in [-0.2, 0) is 22.6 Å². The van der Waals surface area contributed by atoms with E-state index in [2.05, 4.69) is 30.5 Å². The number of halogens is 4. The number of carbonyl (C=O) groups excluding carboxylic acids is 2. The Labute approximate surface area is 343 Å². The molecule has 4 heterocycles. The number of benzene rings is 2. The van der Waals surface area contributed by atoms with Crippen LogP contribution in [0.2, 0.25) is 0 Å². The molecule has 15 nitrogen and oxygen atoms in total. The van der Waals surface area contributed by atoms with E-state index < -0.39 is 53.1 Å². The van der Waals surface area contributed by atoms with Crippen LogP contribution in [0, 0.1) is 11.6 Å². The van der Waals surface area contributed by atoms with Gasteiger partial charge < -0.3 is 34.1 Å². The monoisotopic (exact) mass is 837 g/mol. The SMILES string of the molecule is COc1cc(F)c(-c2cc(Cn3cnc4c(N(C(=O)OC(C)(C)C)C(=O)OC(C)(C)C)ncnc43)c(N3CCCC(NCc4ccccc4)(C(O)C(F)F)C3)nn2)cc1F. The number of methoxy groups -OCH3 is 1. The molecule has 3 aromatic heterocycles. The number of fused-ring (bicyclic) bond motifs is 1. The van der Waals surface area contributed by atoms with E-state index in [1.165, 1.54) is 24.1 Å². The Hall–Kier alpha value is -5.95. The van der Waals surface area contributed by atoms with Gasteiger partial charge in [0.05, 0.1) is 31.2 Å². The number of rotatable bonds is 11. The molecule has 2 N–H and O–H groups in total. The van der Waals surface area contributed by atoms with E-state index in [0.717, 1.165) is 24.0 Å². The second-order valence-electron chi connectivity index (χ2n) is 16.4. The summed E-state index contributed by atoms with van der Waals surface area (Å²) in [5.41, 5.74) is -2.51. The van der Waals surface area contributed by atoms with Crippen LogP contribution in [-0.4, -0.2) is 96.5 Å². The number of ether oxygens (including phenoxy) is 3. The fourth-order valence-electron chi connectivity index (χ4n) is 6.88. The van der Waals surface area contributed by atoms with Crippen LogP contribution in [0.3, 0.4) is 0 Å². The molecule has 60 heavy (non-hydrogen) atoms. The lowest BCUT2D eigenvalue weighted by Gasteiger charge is -2.46. The van der Waals surface area contributed by atoms with Crippen molar-refractivity contribution < 1.29 is 46.5 Å². The van der Waals surface area contributed by atoms with Gasteiger partial charge in [-0.05, 0) is 72.1 Å². The molecule has 2 aromatic carbocycles. The number of aromatic nitrogens is 6. The summed E-state index contributed by atoms with van der Waals surface area (Å²) >= 11 is 0. The highest BCUT2D eigenvalue weighted by atomic mass is 19.3. The van der Waals surface area contributed by atoms with Crippen molar-refractivity contribution in [1.82, 2.24) is 35.0 Å². The van der Waals surface area contributed by atoms with E-state index in [-0.39, 0.29) is 65.9 Å². The highest BCUT2D eigenvalue weighted by Gasteiger charge is 2.46. The standard InChI is InChI=1S/C41H47F4N9O6/c1-39(2,3)59-37(56)54(38(57)60-40(4,5)6)36-31-35(46-22-47-36)53(23-48-31)20-25-16-29(26-17-28(43)30(58-7)18-27(26)42)50-51-34(25)52-15-11-14-41(21-52,32(55)33(44)45)49-19-24-12-9-8-10-13-24/h8-10,12-13,16-18,22-23,32-33,49,55H,11,14-15,19-21H2,1-7H3. The van der Waals surface area contributed by atoms with Crippen LogP contribution < -0.4 is 19.9 Å². The number of nitrogens with one attached hydrogen (secondary N) is 1. The Bertz CT molecular complexity index is 2310. The zero-order chi connectivity index (χ0) is 43.6. The molecule has 2 amide bonds. The maximum Gasteiger partial charge on any atom is 0.425 e. The largest absolute Gasteiger partial charge is 0.494 e. The molecule has 320 valence electrons. The first kappa shape index (κ1) is 43.6. The maximum absolute atomic E-state index is 15.5. The number of anilines is 2. The topological polar surface area (TPSA) is 170 Å². The average Bonchev–Trinajstić information content (AvgIpc) is 3.59. The van der Waals surface area contributed by atoms with E-state index in [1.807, 2.05) is 30.3 Å². The van der Waals surface area contributed by atoms with Crippen molar-refractivity contribution in [3.8, 4) is 17.0 Å². The molecule has 0 radical (unpaired) electrons. The number of imidazole rings is 1. The summed E-state index contributed by atoms with van der Waals surface area (Å²) in [6.07, 6.45) is -4.25. The molecular formula is C41H47F4N9O6. The normalized spacial score (nSPS) is 16.5. The first-order chi connectivity index (χ1) is 28.3. The molecule has 0 spiro atoms. The van der Waals surface area contributed by atoms with E-state index >= 15 is 4.39 Å². The summed E-state index contributed by atoms with van der Waals surface area (Å²) in [5, 5.41) is 23.0. The Morgan fingerprint density at radius 3 is 2.27 bits per heavy atom. The summed E-state index contributed by atoms with van der Waals surface area (Å²) in [7, 11) is 1.20. The summed E-state index contributed by atoms with van der Waals surface area (Å²) in [5.74, 6) is -2.06. The van der Waals surface area contributed by atoms with Gasteiger partial charge in [-0.2, -0.15) is 4.90 Å². The quantitative estimate of drug-likeness (QED) is 0.130. The smallest absolute Gasteiger partial charge is 0.425 e. The number of amides is 2. The zero-order valence-corrected chi connectivity index (χ0v) is 34.2. The van der Waals surface area contributed by atoms with Crippen LogP contribution in [0.15, 0.2) is 61.2 Å². The number of aliphatic hydroxyl groups excluding tert-OH is 1. The van der Waals surface area contributed by atoms with Gasteiger partial charge in [0.2, 0.25) is 0 Å². The van der Waals surface area contributed by atoms with Crippen molar-refractivity contribution in [1.29, 1.82) is 0 Å². The van der Waals surface area contributed by atoms with Gasteiger partial charge in [0, 0.05) is 36.8 Å². The van der Waals surface area contributed by atoms with Gasteiger partial charge in [0.25, 0.3) is 6.43 Å². The number of alkyl halides is 2. The minimum atomic E-state index is -3.08.